The molecule has 0 bridgehead atoms. The lowest BCUT2D eigenvalue weighted by molar-refractivity contribution is -0.250. The summed E-state index contributed by atoms with van der Waals surface area (Å²) in [5.74, 6) is -0.873. The molecule has 0 saturated carbocycles. The van der Waals surface area contributed by atoms with Gasteiger partial charge in [0.1, 0.15) is 0 Å². The van der Waals surface area contributed by atoms with Crippen LogP contribution in [0.4, 0.5) is 0 Å². The largest absolute Gasteiger partial charge is 0.480 e. The Balaban J connectivity index is 3.86. The molecule has 0 rings (SSSR count). The second kappa shape index (κ2) is 5.93. The molecular weight excluding hydrogens is 162 g/mol. The van der Waals surface area contributed by atoms with Gasteiger partial charge in [0.25, 0.3) is 0 Å². The number of carboxylic acid groups (broad SMARTS) is 1. The van der Waals surface area contributed by atoms with Crippen LogP contribution in [0.1, 0.15) is 13.8 Å². The number of nitrogens with zero attached hydrogens (tertiary/aromatic N) is 1. The summed E-state index contributed by atoms with van der Waals surface area (Å²) in [6.45, 7) is 4.37. The molecule has 1 atom stereocenters. The first-order chi connectivity index (χ1) is 5.61. The lowest BCUT2D eigenvalue weighted by Crippen LogP contribution is -2.39. The van der Waals surface area contributed by atoms with Gasteiger partial charge in [-0.2, -0.15) is 0 Å². The molecule has 0 aromatic carbocycles. The van der Waals surface area contributed by atoms with Crippen LogP contribution in [0.15, 0.2) is 0 Å². The Bertz CT molecular complexity index is 139. The fraction of sp³-hybridized carbons (Fsp3) is 0.857. The van der Waals surface area contributed by atoms with Crippen LogP contribution >= 0.6 is 0 Å². The van der Waals surface area contributed by atoms with Gasteiger partial charge >= 0.3 is 5.97 Å². The molecule has 0 fully saturated rings. The minimum Gasteiger partial charge on any atom is -0.480 e. The van der Waals surface area contributed by atoms with Gasteiger partial charge in [0.05, 0.1) is 13.2 Å². The highest BCUT2D eigenvalue weighted by molar-refractivity contribution is 5.69. The van der Waals surface area contributed by atoms with E-state index in [1.54, 1.807) is 11.8 Å². The third-order valence-corrected chi connectivity index (χ3v) is 1.68. The zero-order valence-corrected chi connectivity index (χ0v) is 7.36. The summed E-state index contributed by atoms with van der Waals surface area (Å²) in [4.78, 5) is 16.0. The molecule has 2 N–H and O–H groups in total. The fourth-order valence-corrected chi connectivity index (χ4v) is 0.966. The van der Waals surface area contributed by atoms with E-state index >= 15 is 0 Å². The molecule has 0 aliphatic carbocycles. The SMILES string of the molecule is CCN(CC(=O)O)C(C)COO. The number of hydrogen-bond acceptors (Lipinski definition) is 4. The summed E-state index contributed by atoms with van der Waals surface area (Å²) in [6, 6.07) is -0.0869. The van der Waals surface area contributed by atoms with Crippen LogP contribution in [-0.4, -0.2) is 47.0 Å². The molecule has 0 spiro atoms. The van der Waals surface area contributed by atoms with Crippen molar-refractivity contribution in [3.63, 3.8) is 0 Å². The second-order valence-electron chi connectivity index (χ2n) is 2.60. The van der Waals surface area contributed by atoms with Gasteiger partial charge in [0.15, 0.2) is 0 Å². The van der Waals surface area contributed by atoms with E-state index in [-0.39, 0.29) is 19.2 Å². The standard InChI is InChI=1S/C7H15NO4/c1-3-8(4-7(9)10)6(2)5-12-11/h6,11H,3-5H2,1-2H3,(H,9,10). The summed E-state index contributed by atoms with van der Waals surface area (Å²) in [7, 11) is 0. The van der Waals surface area contributed by atoms with Crippen LogP contribution in [0.3, 0.4) is 0 Å². The summed E-state index contributed by atoms with van der Waals surface area (Å²) in [6.07, 6.45) is 0. The lowest BCUT2D eigenvalue weighted by atomic mass is 10.3. The lowest BCUT2D eigenvalue weighted by Gasteiger charge is -2.24. The summed E-state index contributed by atoms with van der Waals surface area (Å²) >= 11 is 0. The van der Waals surface area contributed by atoms with E-state index < -0.39 is 5.97 Å². The normalized spacial score (nSPS) is 13.3. The molecule has 72 valence electrons. The maximum Gasteiger partial charge on any atom is 0.317 e. The first-order valence-electron chi connectivity index (χ1n) is 3.84. The van der Waals surface area contributed by atoms with Crippen LogP contribution in [0.2, 0.25) is 0 Å². The highest BCUT2D eigenvalue weighted by Gasteiger charge is 2.14. The molecular formula is C7H15NO4. The van der Waals surface area contributed by atoms with Crippen molar-refractivity contribution in [1.29, 1.82) is 0 Å². The van der Waals surface area contributed by atoms with Crippen molar-refractivity contribution in [2.75, 3.05) is 19.7 Å². The van der Waals surface area contributed by atoms with Crippen molar-refractivity contribution in [3.05, 3.63) is 0 Å². The summed E-state index contributed by atoms with van der Waals surface area (Å²) in [5, 5.41) is 16.6. The molecule has 0 saturated heterocycles. The van der Waals surface area contributed by atoms with Gasteiger partial charge in [-0.05, 0) is 13.5 Å². The summed E-state index contributed by atoms with van der Waals surface area (Å²) < 4.78 is 0. The Hall–Kier alpha value is -0.650. The number of likely N-dealkylation sites (N-methyl/N-ethyl adjacent to an activating group) is 1. The van der Waals surface area contributed by atoms with Crippen LogP contribution in [0.25, 0.3) is 0 Å². The van der Waals surface area contributed by atoms with Gasteiger partial charge in [-0.1, -0.05) is 6.92 Å². The molecule has 0 aromatic heterocycles. The smallest absolute Gasteiger partial charge is 0.317 e. The van der Waals surface area contributed by atoms with Gasteiger partial charge in [0, 0.05) is 6.04 Å². The Kier molecular flexibility index (Phi) is 5.61. The van der Waals surface area contributed by atoms with E-state index in [1.807, 2.05) is 6.92 Å². The average molecular weight is 177 g/mol. The van der Waals surface area contributed by atoms with E-state index in [0.29, 0.717) is 6.54 Å². The van der Waals surface area contributed by atoms with E-state index in [9.17, 15) is 4.79 Å². The Morgan fingerprint density at radius 1 is 1.67 bits per heavy atom. The van der Waals surface area contributed by atoms with Crippen LogP contribution in [-0.2, 0) is 9.68 Å². The first kappa shape index (κ1) is 11.4. The zero-order valence-electron chi connectivity index (χ0n) is 7.36. The molecule has 0 aliphatic heterocycles. The Morgan fingerprint density at radius 2 is 2.25 bits per heavy atom. The Morgan fingerprint density at radius 3 is 2.58 bits per heavy atom. The van der Waals surface area contributed by atoms with Gasteiger partial charge in [0.2, 0.25) is 0 Å². The van der Waals surface area contributed by atoms with E-state index in [2.05, 4.69) is 4.89 Å². The molecule has 1 unspecified atom stereocenters. The van der Waals surface area contributed by atoms with Crippen LogP contribution < -0.4 is 0 Å². The molecule has 12 heavy (non-hydrogen) atoms. The first-order valence-corrected chi connectivity index (χ1v) is 3.84. The maximum atomic E-state index is 10.3. The van der Waals surface area contributed by atoms with E-state index in [1.165, 1.54) is 0 Å². The third kappa shape index (κ3) is 4.27. The number of aliphatic carboxylic acids is 1. The molecule has 0 amide bonds. The van der Waals surface area contributed by atoms with Gasteiger partial charge in [-0.15, -0.1) is 0 Å². The number of hydrogen-bond donors (Lipinski definition) is 2. The van der Waals surface area contributed by atoms with Crippen molar-refractivity contribution in [1.82, 2.24) is 4.90 Å². The van der Waals surface area contributed by atoms with Crippen LogP contribution in [0.5, 0.6) is 0 Å². The highest BCUT2D eigenvalue weighted by atomic mass is 17.1. The predicted molar refractivity (Wildman–Crippen MR) is 42.9 cm³/mol. The number of carbonyl (C=O) groups is 1. The minimum absolute atomic E-state index is 0.0268. The van der Waals surface area contributed by atoms with Crippen molar-refractivity contribution in [2.45, 2.75) is 19.9 Å². The van der Waals surface area contributed by atoms with Crippen molar-refractivity contribution in [2.24, 2.45) is 0 Å². The fourth-order valence-electron chi connectivity index (χ4n) is 0.966. The minimum atomic E-state index is -0.873. The molecule has 0 radical (unpaired) electrons. The quantitative estimate of drug-likeness (QED) is 0.450. The molecule has 5 heteroatoms. The number of rotatable bonds is 6. The van der Waals surface area contributed by atoms with Gasteiger partial charge in [-0.3, -0.25) is 15.0 Å². The summed E-state index contributed by atoms with van der Waals surface area (Å²) in [5.41, 5.74) is 0. The van der Waals surface area contributed by atoms with E-state index in [4.69, 9.17) is 10.4 Å². The molecule has 0 heterocycles. The maximum absolute atomic E-state index is 10.3. The zero-order chi connectivity index (χ0) is 9.56. The van der Waals surface area contributed by atoms with Crippen molar-refractivity contribution < 1.29 is 20.0 Å². The predicted octanol–water partition coefficient (Wildman–Crippen LogP) is 0.271. The molecule has 5 nitrogen and oxygen atoms in total. The topological polar surface area (TPSA) is 70.0 Å². The van der Waals surface area contributed by atoms with Gasteiger partial charge in [-0.25, -0.2) is 4.89 Å². The monoisotopic (exact) mass is 177 g/mol. The van der Waals surface area contributed by atoms with Crippen molar-refractivity contribution in [3.8, 4) is 0 Å². The molecule has 0 aromatic rings. The van der Waals surface area contributed by atoms with Crippen molar-refractivity contribution >= 4 is 5.97 Å². The van der Waals surface area contributed by atoms with Crippen LogP contribution in [0, 0.1) is 0 Å². The second-order valence-corrected chi connectivity index (χ2v) is 2.60. The highest BCUT2D eigenvalue weighted by Crippen LogP contribution is 1.98. The van der Waals surface area contributed by atoms with E-state index in [0.717, 1.165) is 0 Å². The average Bonchev–Trinajstić information content (AvgIpc) is 2.00. The molecule has 0 aliphatic rings. The number of carboxylic acids is 1. The Labute approximate surface area is 71.5 Å². The van der Waals surface area contributed by atoms with Gasteiger partial charge < -0.3 is 5.11 Å². The third-order valence-electron chi connectivity index (χ3n) is 1.68.